The van der Waals surface area contributed by atoms with Crippen LogP contribution in [0.5, 0.6) is 5.75 Å². The summed E-state index contributed by atoms with van der Waals surface area (Å²) in [5.41, 5.74) is 5.92. The van der Waals surface area contributed by atoms with Crippen LogP contribution in [0.25, 0.3) is 0 Å². The predicted octanol–water partition coefficient (Wildman–Crippen LogP) is 0.616. The highest BCUT2D eigenvalue weighted by Gasteiger charge is 2.19. The highest BCUT2D eigenvalue weighted by molar-refractivity contribution is 7.89. The zero-order valence-electron chi connectivity index (χ0n) is 11.5. The Morgan fingerprint density at radius 2 is 2.05 bits per heavy atom. The molecule has 2 rings (SSSR count). The van der Waals surface area contributed by atoms with Gasteiger partial charge >= 0.3 is 0 Å². The zero-order valence-corrected chi connectivity index (χ0v) is 12.3. The summed E-state index contributed by atoms with van der Waals surface area (Å²) in [6, 6.07) is 9.36. The lowest BCUT2D eigenvalue weighted by molar-refractivity contribution is 0.311. The Bertz CT molecular complexity index is 655. The Morgan fingerprint density at radius 1 is 1.29 bits per heavy atom. The average Bonchev–Trinajstić information content (AvgIpc) is 2.97. The van der Waals surface area contributed by atoms with Gasteiger partial charge in [-0.2, -0.15) is 5.10 Å². The molecule has 0 amide bonds. The van der Waals surface area contributed by atoms with E-state index in [0.29, 0.717) is 18.6 Å². The second-order valence-corrected chi connectivity index (χ2v) is 6.05. The molecule has 0 bridgehead atoms. The number of nitrogens with one attached hydrogen (secondary N) is 2. The molecule has 0 radical (unpaired) electrons. The first-order chi connectivity index (χ1) is 10.1. The van der Waals surface area contributed by atoms with Gasteiger partial charge in [-0.15, -0.1) is 0 Å². The Hall–Kier alpha value is -1.90. The number of nitrogens with zero attached hydrogens (tertiary/aromatic N) is 1. The van der Waals surface area contributed by atoms with Crippen molar-refractivity contribution in [3.05, 3.63) is 42.1 Å². The fraction of sp³-hybridized carbons (Fsp3) is 0.308. The number of hydrogen-bond acceptors (Lipinski definition) is 5. The molecule has 2 aromatic rings. The Kier molecular flexibility index (Phi) is 5.32. The number of ether oxygens (including phenoxy) is 1. The summed E-state index contributed by atoms with van der Waals surface area (Å²) in [7, 11) is -3.61. The van der Waals surface area contributed by atoms with Gasteiger partial charge in [0.05, 0.1) is 12.8 Å². The predicted molar refractivity (Wildman–Crippen MR) is 78.2 cm³/mol. The molecule has 0 aliphatic carbocycles. The largest absolute Gasteiger partial charge is 0.494 e. The molecule has 114 valence electrons. The molecule has 0 spiro atoms. The molecule has 4 N–H and O–H groups in total. The van der Waals surface area contributed by atoms with Gasteiger partial charge in [0.1, 0.15) is 5.75 Å². The number of hydrogen-bond donors (Lipinski definition) is 3. The van der Waals surface area contributed by atoms with Crippen LogP contribution in [0.4, 0.5) is 0 Å². The van der Waals surface area contributed by atoms with Gasteiger partial charge in [0.15, 0.2) is 5.03 Å². The monoisotopic (exact) mass is 310 g/mol. The molecule has 0 aliphatic heterocycles. The second-order valence-electron chi connectivity index (χ2n) is 4.34. The third kappa shape index (κ3) is 4.28. The van der Waals surface area contributed by atoms with Crippen LogP contribution in [0, 0.1) is 0 Å². The fourth-order valence-electron chi connectivity index (χ4n) is 1.73. The molecule has 0 atom stereocenters. The number of aromatic nitrogens is 2. The van der Waals surface area contributed by atoms with Crippen LogP contribution in [0.15, 0.2) is 41.6 Å². The zero-order chi connectivity index (χ0) is 15.1. The van der Waals surface area contributed by atoms with E-state index >= 15 is 0 Å². The summed E-state index contributed by atoms with van der Waals surface area (Å²) in [5, 5.41) is 6.17. The molecule has 0 aliphatic rings. The van der Waals surface area contributed by atoms with Gasteiger partial charge in [0.25, 0.3) is 10.0 Å². The van der Waals surface area contributed by atoms with Gasteiger partial charge in [-0.05, 0) is 18.6 Å². The first kappa shape index (κ1) is 15.5. The molecule has 1 aromatic carbocycles. The molecule has 0 unspecified atom stereocenters. The van der Waals surface area contributed by atoms with E-state index in [2.05, 4.69) is 14.9 Å². The molecule has 7 nitrogen and oxygen atoms in total. The van der Waals surface area contributed by atoms with Gasteiger partial charge in [0.2, 0.25) is 0 Å². The van der Waals surface area contributed by atoms with E-state index in [0.717, 1.165) is 5.75 Å². The Labute approximate surface area is 123 Å². The van der Waals surface area contributed by atoms with Crippen LogP contribution in [0.3, 0.4) is 0 Å². The van der Waals surface area contributed by atoms with Crippen LogP contribution < -0.4 is 15.2 Å². The smallest absolute Gasteiger partial charge is 0.257 e. The lowest BCUT2D eigenvalue weighted by Crippen LogP contribution is -2.27. The molecule has 1 aromatic heterocycles. The van der Waals surface area contributed by atoms with Crippen molar-refractivity contribution in [2.24, 2.45) is 5.73 Å². The molecule has 8 heteroatoms. The molecule has 0 fully saturated rings. The number of sulfonamides is 1. The van der Waals surface area contributed by atoms with Crippen LogP contribution in [-0.4, -0.2) is 31.8 Å². The summed E-state index contributed by atoms with van der Waals surface area (Å²) in [4.78, 5) is 0. The maximum atomic E-state index is 12.0. The first-order valence-electron chi connectivity index (χ1n) is 6.53. The van der Waals surface area contributed by atoms with Crippen molar-refractivity contribution < 1.29 is 13.2 Å². The van der Waals surface area contributed by atoms with Crippen molar-refractivity contribution in [3.63, 3.8) is 0 Å². The SMILES string of the molecule is NCc1cn[nH]c1S(=O)(=O)NCCCOc1ccccc1. The standard InChI is InChI=1S/C13H18N4O3S/c14-9-11-10-15-17-13(11)21(18,19)16-7-4-8-20-12-5-2-1-3-6-12/h1-3,5-6,10,16H,4,7-9,14H2,(H,15,17). The highest BCUT2D eigenvalue weighted by Crippen LogP contribution is 2.11. The maximum absolute atomic E-state index is 12.0. The number of benzene rings is 1. The summed E-state index contributed by atoms with van der Waals surface area (Å²) < 4.78 is 32.0. The highest BCUT2D eigenvalue weighted by atomic mass is 32.2. The average molecular weight is 310 g/mol. The number of nitrogens with two attached hydrogens (primary N) is 1. The van der Waals surface area contributed by atoms with E-state index in [1.165, 1.54) is 6.20 Å². The van der Waals surface area contributed by atoms with Crippen LogP contribution in [0.1, 0.15) is 12.0 Å². The number of aromatic amines is 1. The van der Waals surface area contributed by atoms with E-state index in [-0.39, 0.29) is 18.1 Å². The van der Waals surface area contributed by atoms with Crippen LogP contribution >= 0.6 is 0 Å². The molecule has 0 saturated heterocycles. The van der Waals surface area contributed by atoms with Gasteiger partial charge < -0.3 is 10.5 Å². The second kappa shape index (κ2) is 7.21. The van der Waals surface area contributed by atoms with E-state index in [1.54, 1.807) is 0 Å². The molecule has 21 heavy (non-hydrogen) atoms. The maximum Gasteiger partial charge on any atom is 0.257 e. The third-order valence-corrected chi connectivity index (χ3v) is 4.27. The topological polar surface area (TPSA) is 110 Å². The van der Waals surface area contributed by atoms with Crippen LogP contribution in [0.2, 0.25) is 0 Å². The minimum Gasteiger partial charge on any atom is -0.494 e. The first-order valence-corrected chi connectivity index (χ1v) is 8.01. The van der Waals surface area contributed by atoms with Crippen molar-refractivity contribution in [2.45, 2.75) is 18.0 Å². The van der Waals surface area contributed by atoms with Gasteiger partial charge in [-0.1, -0.05) is 18.2 Å². The summed E-state index contributed by atoms with van der Waals surface area (Å²) in [6.45, 7) is 0.821. The van der Waals surface area contributed by atoms with Gasteiger partial charge in [-0.3, -0.25) is 5.10 Å². The minimum atomic E-state index is -3.61. The van der Waals surface area contributed by atoms with E-state index in [4.69, 9.17) is 10.5 Å². The van der Waals surface area contributed by atoms with Crippen molar-refractivity contribution in [2.75, 3.05) is 13.2 Å². The van der Waals surface area contributed by atoms with E-state index in [1.807, 2.05) is 30.3 Å². The van der Waals surface area contributed by atoms with Gasteiger partial charge in [0, 0.05) is 18.7 Å². The molecule has 0 saturated carbocycles. The molecule has 1 heterocycles. The van der Waals surface area contributed by atoms with Crippen molar-refractivity contribution in [3.8, 4) is 5.75 Å². The summed E-state index contributed by atoms with van der Waals surface area (Å²) >= 11 is 0. The lowest BCUT2D eigenvalue weighted by atomic mass is 10.3. The quantitative estimate of drug-likeness (QED) is 0.619. The van der Waals surface area contributed by atoms with E-state index in [9.17, 15) is 8.42 Å². The van der Waals surface area contributed by atoms with Crippen LogP contribution in [-0.2, 0) is 16.6 Å². The van der Waals surface area contributed by atoms with Crippen molar-refractivity contribution >= 4 is 10.0 Å². The van der Waals surface area contributed by atoms with E-state index < -0.39 is 10.0 Å². The Balaban J connectivity index is 1.78. The lowest BCUT2D eigenvalue weighted by Gasteiger charge is -2.08. The van der Waals surface area contributed by atoms with Crippen molar-refractivity contribution in [1.82, 2.24) is 14.9 Å². The summed E-state index contributed by atoms with van der Waals surface area (Å²) in [6.07, 6.45) is 1.97. The Morgan fingerprint density at radius 3 is 2.76 bits per heavy atom. The number of H-pyrrole nitrogens is 1. The van der Waals surface area contributed by atoms with Crippen molar-refractivity contribution in [1.29, 1.82) is 0 Å². The minimum absolute atomic E-state index is 0.0222. The number of para-hydroxylation sites is 1. The third-order valence-electron chi connectivity index (χ3n) is 2.79. The van der Waals surface area contributed by atoms with Gasteiger partial charge in [-0.25, -0.2) is 13.1 Å². The fourth-order valence-corrected chi connectivity index (χ4v) is 2.95. The molecular weight excluding hydrogens is 292 g/mol. The normalized spacial score (nSPS) is 11.5. The number of rotatable bonds is 8. The summed E-state index contributed by atoms with van der Waals surface area (Å²) in [5.74, 6) is 0.763. The molecular formula is C13H18N4O3S.